The van der Waals surface area contributed by atoms with E-state index in [0.717, 1.165) is 33.1 Å². The van der Waals surface area contributed by atoms with Crippen molar-refractivity contribution >= 4 is 28.3 Å². The van der Waals surface area contributed by atoms with E-state index in [1.54, 1.807) is 31.4 Å². The van der Waals surface area contributed by atoms with Gasteiger partial charge in [0.25, 0.3) is 0 Å². The van der Waals surface area contributed by atoms with Crippen molar-refractivity contribution in [3.05, 3.63) is 89.6 Å². The van der Waals surface area contributed by atoms with Crippen LogP contribution in [0.3, 0.4) is 0 Å². The third-order valence-corrected chi connectivity index (χ3v) is 6.49. The first-order valence-corrected chi connectivity index (χ1v) is 11.7. The summed E-state index contributed by atoms with van der Waals surface area (Å²) in [7, 11) is 1.59. The van der Waals surface area contributed by atoms with E-state index in [0.29, 0.717) is 29.3 Å². The number of aromatic nitrogens is 2. The smallest absolute Gasteiger partial charge is 0.211 e. The molecule has 5 aromatic rings. The van der Waals surface area contributed by atoms with Crippen molar-refractivity contribution in [3.63, 3.8) is 0 Å². The molecule has 0 aliphatic carbocycles. The van der Waals surface area contributed by atoms with Gasteiger partial charge in [-0.05, 0) is 67.6 Å². The zero-order valence-corrected chi connectivity index (χ0v) is 19.6. The van der Waals surface area contributed by atoms with Crippen molar-refractivity contribution in [2.75, 3.05) is 19.5 Å². The lowest BCUT2D eigenvalue weighted by atomic mass is 10.1. The lowest BCUT2D eigenvalue weighted by molar-refractivity contribution is 0.103. The van der Waals surface area contributed by atoms with Gasteiger partial charge in [-0.15, -0.1) is 11.3 Å². The molecular weight excluding hydrogens is 446 g/mol. The number of fused-ring (bicyclic) bond motifs is 1. The van der Waals surface area contributed by atoms with Crippen LogP contribution in [0.5, 0.6) is 11.5 Å². The largest absolute Gasteiger partial charge is 0.497 e. The Bertz CT molecular complexity index is 1470. The molecule has 0 amide bonds. The topological polar surface area (TPSA) is 78.8 Å². The molecular formula is C27H23N3O3S. The summed E-state index contributed by atoms with van der Waals surface area (Å²) >= 11 is 1.50. The summed E-state index contributed by atoms with van der Waals surface area (Å²) in [4.78, 5) is 18.3. The van der Waals surface area contributed by atoms with Crippen LogP contribution in [-0.4, -0.2) is 28.9 Å². The number of thiazole rings is 1. The number of methoxy groups -OCH3 is 1. The van der Waals surface area contributed by atoms with Crippen LogP contribution < -0.4 is 15.2 Å². The van der Waals surface area contributed by atoms with E-state index in [9.17, 15) is 4.79 Å². The Morgan fingerprint density at radius 1 is 1.03 bits per heavy atom. The molecule has 0 fully saturated rings. The minimum absolute atomic E-state index is 0.157. The molecule has 0 atom stereocenters. The summed E-state index contributed by atoms with van der Waals surface area (Å²) in [6.45, 7) is 2.58. The summed E-state index contributed by atoms with van der Waals surface area (Å²) < 4.78 is 12.6. The second-order valence-electron chi connectivity index (χ2n) is 7.65. The first kappa shape index (κ1) is 21.7. The Labute approximate surface area is 201 Å². The van der Waals surface area contributed by atoms with Gasteiger partial charge in [0.05, 0.1) is 36.2 Å². The number of nitrogens with two attached hydrogens (primary N) is 1. The van der Waals surface area contributed by atoms with Crippen molar-refractivity contribution in [3.8, 4) is 33.3 Å². The Balaban J connectivity index is 1.57. The summed E-state index contributed by atoms with van der Waals surface area (Å²) in [5, 5.41) is 2.76. The van der Waals surface area contributed by atoms with Gasteiger partial charge < -0.3 is 19.6 Å². The third kappa shape index (κ3) is 3.80. The molecule has 2 aromatic carbocycles. The van der Waals surface area contributed by atoms with Crippen molar-refractivity contribution < 1.29 is 14.3 Å². The second kappa shape index (κ2) is 9.03. The maximum absolute atomic E-state index is 13.5. The summed E-state index contributed by atoms with van der Waals surface area (Å²) in [5.41, 5.74) is 11.4. The van der Waals surface area contributed by atoms with Crippen LogP contribution in [0.25, 0.3) is 27.3 Å². The minimum atomic E-state index is -0.157. The Hall–Kier alpha value is -4.10. The lowest BCUT2D eigenvalue weighted by Crippen LogP contribution is -2.08. The van der Waals surface area contributed by atoms with Crippen molar-refractivity contribution in [1.82, 2.24) is 9.38 Å². The van der Waals surface area contributed by atoms with E-state index < -0.39 is 0 Å². The zero-order valence-electron chi connectivity index (χ0n) is 18.8. The summed E-state index contributed by atoms with van der Waals surface area (Å²) in [5.74, 6) is 1.36. The number of nitrogen functional groups attached to an aromatic ring is 1. The quantitative estimate of drug-likeness (QED) is 0.298. The molecule has 7 heteroatoms. The SMILES string of the molecule is CCOc1ccc(-c2csc(-c3c(N)c(C(=O)c4ccc(OC)cc4)n4ccccc34)n2)cc1. The summed E-state index contributed by atoms with van der Waals surface area (Å²) in [6.07, 6.45) is 1.85. The molecule has 0 bridgehead atoms. The predicted molar refractivity (Wildman–Crippen MR) is 136 cm³/mol. The van der Waals surface area contributed by atoms with Gasteiger partial charge in [0.1, 0.15) is 22.2 Å². The average Bonchev–Trinajstić information content (AvgIpc) is 3.46. The number of nitrogens with zero attached hydrogens (tertiary/aromatic N) is 2. The number of pyridine rings is 1. The molecule has 0 saturated carbocycles. The highest BCUT2D eigenvalue weighted by Crippen LogP contribution is 2.39. The molecule has 0 radical (unpaired) electrons. The van der Waals surface area contributed by atoms with E-state index in [4.69, 9.17) is 20.2 Å². The molecule has 170 valence electrons. The van der Waals surface area contributed by atoms with E-state index in [2.05, 4.69) is 0 Å². The Morgan fingerprint density at radius 3 is 2.47 bits per heavy atom. The van der Waals surface area contributed by atoms with Crippen molar-refractivity contribution in [1.29, 1.82) is 0 Å². The maximum Gasteiger partial charge on any atom is 0.211 e. The van der Waals surface area contributed by atoms with Gasteiger partial charge in [0, 0.05) is 22.7 Å². The molecule has 0 saturated heterocycles. The van der Waals surface area contributed by atoms with Gasteiger partial charge >= 0.3 is 0 Å². The molecule has 0 unspecified atom stereocenters. The first-order valence-electron chi connectivity index (χ1n) is 10.9. The number of hydrogen-bond acceptors (Lipinski definition) is 6. The number of carbonyl (C=O) groups is 1. The van der Waals surface area contributed by atoms with Crippen LogP contribution in [0.4, 0.5) is 5.69 Å². The first-order chi connectivity index (χ1) is 16.6. The average molecular weight is 470 g/mol. The van der Waals surface area contributed by atoms with Gasteiger partial charge in [-0.3, -0.25) is 4.79 Å². The van der Waals surface area contributed by atoms with Crippen molar-refractivity contribution in [2.45, 2.75) is 6.92 Å². The molecule has 0 spiro atoms. The normalized spacial score (nSPS) is 11.0. The number of ketones is 1. The van der Waals surface area contributed by atoms with Gasteiger partial charge in [0.2, 0.25) is 5.78 Å². The molecule has 0 aliphatic heterocycles. The second-order valence-corrected chi connectivity index (χ2v) is 8.50. The van der Waals surface area contributed by atoms with Crippen molar-refractivity contribution in [2.24, 2.45) is 0 Å². The standard InChI is InChI=1S/C27H23N3O3S/c1-3-33-20-13-7-17(8-14-20)21-16-34-27(29-21)23-22-6-4-5-15-30(22)25(24(23)28)26(31)18-9-11-19(32-2)12-10-18/h4-16H,3,28H2,1-2H3. The van der Waals surface area contributed by atoms with Crippen LogP contribution in [0.2, 0.25) is 0 Å². The number of carbonyl (C=O) groups excluding carboxylic acids is 1. The minimum Gasteiger partial charge on any atom is -0.497 e. The third-order valence-electron chi connectivity index (χ3n) is 5.63. The Kier molecular flexibility index (Phi) is 5.77. The fourth-order valence-electron chi connectivity index (χ4n) is 3.97. The monoisotopic (exact) mass is 469 g/mol. The van der Waals surface area contributed by atoms with Gasteiger partial charge in [-0.1, -0.05) is 6.07 Å². The van der Waals surface area contributed by atoms with Gasteiger partial charge in [-0.2, -0.15) is 0 Å². The molecule has 0 aliphatic rings. The fraction of sp³-hybridized carbons (Fsp3) is 0.111. The van der Waals surface area contributed by atoms with Crippen LogP contribution in [0, 0.1) is 0 Å². The number of hydrogen-bond donors (Lipinski definition) is 1. The zero-order chi connectivity index (χ0) is 23.7. The van der Waals surface area contributed by atoms with Crippen LogP contribution in [-0.2, 0) is 0 Å². The number of anilines is 1. The van der Waals surface area contributed by atoms with E-state index >= 15 is 0 Å². The van der Waals surface area contributed by atoms with Gasteiger partial charge in [-0.25, -0.2) is 4.98 Å². The fourth-order valence-corrected chi connectivity index (χ4v) is 4.87. The highest BCUT2D eigenvalue weighted by Gasteiger charge is 2.25. The lowest BCUT2D eigenvalue weighted by Gasteiger charge is -2.05. The maximum atomic E-state index is 13.5. The number of benzene rings is 2. The molecule has 3 aromatic heterocycles. The Morgan fingerprint density at radius 2 is 1.76 bits per heavy atom. The van der Waals surface area contributed by atoms with Crippen LogP contribution >= 0.6 is 11.3 Å². The predicted octanol–water partition coefficient (Wildman–Crippen LogP) is 5.95. The number of ether oxygens (including phenoxy) is 2. The van der Waals surface area contributed by atoms with E-state index in [1.807, 2.05) is 65.4 Å². The molecule has 3 heterocycles. The molecule has 6 nitrogen and oxygen atoms in total. The number of rotatable bonds is 7. The summed E-state index contributed by atoms with van der Waals surface area (Å²) in [6, 6.07) is 20.6. The van der Waals surface area contributed by atoms with E-state index in [1.165, 1.54) is 11.3 Å². The van der Waals surface area contributed by atoms with Gasteiger partial charge in [0.15, 0.2) is 0 Å². The molecule has 34 heavy (non-hydrogen) atoms. The molecule has 5 rings (SSSR count). The van der Waals surface area contributed by atoms with Crippen LogP contribution in [0.1, 0.15) is 23.0 Å². The highest BCUT2D eigenvalue weighted by atomic mass is 32.1. The van der Waals surface area contributed by atoms with Crippen LogP contribution in [0.15, 0.2) is 78.3 Å². The highest BCUT2D eigenvalue weighted by molar-refractivity contribution is 7.13. The molecule has 2 N–H and O–H groups in total. The van der Waals surface area contributed by atoms with E-state index in [-0.39, 0.29) is 5.78 Å².